The van der Waals surface area contributed by atoms with Gasteiger partial charge in [0.25, 0.3) is 0 Å². The number of aromatic nitrogens is 1. The summed E-state index contributed by atoms with van der Waals surface area (Å²) in [5, 5.41) is 0. The van der Waals surface area contributed by atoms with Gasteiger partial charge in [-0.15, -0.1) is 0 Å². The quantitative estimate of drug-likeness (QED) is 0.801. The zero-order chi connectivity index (χ0) is 19.4. The van der Waals surface area contributed by atoms with E-state index in [1.807, 2.05) is 6.20 Å². The molecule has 0 N–H and O–H groups in total. The third kappa shape index (κ3) is 2.82. The Morgan fingerprint density at radius 2 is 2.14 bits per heavy atom. The van der Waals surface area contributed by atoms with Crippen LogP contribution < -0.4 is 14.5 Å². The molecule has 152 valence electrons. The van der Waals surface area contributed by atoms with Crippen LogP contribution in [0.3, 0.4) is 0 Å². The van der Waals surface area contributed by atoms with E-state index in [0.29, 0.717) is 12.0 Å². The van der Waals surface area contributed by atoms with Crippen molar-refractivity contribution >= 4 is 11.4 Å². The van der Waals surface area contributed by atoms with E-state index >= 15 is 0 Å². The average Bonchev–Trinajstić information content (AvgIpc) is 3.35. The van der Waals surface area contributed by atoms with E-state index in [2.05, 4.69) is 51.0 Å². The highest BCUT2D eigenvalue weighted by molar-refractivity contribution is 5.80. The molecule has 0 radical (unpaired) electrons. The van der Waals surface area contributed by atoms with Crippen LogP contribution in [-0.4, -0.2) is 62.3 Å². The van der Waals surface area contributed by atoms with E-state index in [4.69, 9.17) is 4.74 Å². The van der Waals surface area contributed by atoms with Crippen LogP contribution in [0, 0.1) is 0 Å². The summed E-state index contributed by atoms with van der Waals surface area (Å²) in [6, 6.07) is 9.75. The van der Waals surface area contributed by atoms with Gasteiger partial charge < -0.3 is 19.4 Å². The standard InChI is InChI=1S/C24H30N4O/c1-26-13-14-28-21-8-12-27(16-19(21)18-4-2-6-22(26)23(18)28)11-3-5-20-24-17(7-10-25-20)9-15-29-24/h2,4,6-7,10,19,21H,3,5,8-9,11-16H2,1H3/t19-,21-/m0/s1. The van der Waals surface area contributed by atoms with Gasteiger partial charge in [0.2, 0.25) is 0 Å². The molecule has 5 heterocycles. The van der Waals surface area contributed by atoms with Crippen LogP contribution in [-0.2, 0) is 12.8 Å². The number of ether oxygens (including phenoxy) is 1. The second-order valence-corrected chi connectivity index (χ2v) is 9.04. The van der Waals surface area contributed by atoms with Gasteiger partial charge in [0, 0.05) is 63.4 Å². The number of para-hydroxylation sites is 1. The molecule has 1 saturated heterocycles. The van der Waals surface area contributed by atoms with Gasteiger partial charge in [0.1, 0.15) is 5.75 Å². The lowest BCUT2D eigenvalue weighted by atomic mass is 9.89. The van der Waals surface area contributed by atoms with Gasteiger partial charge >= 0.3 is 0 Å². The number of rotatable bonds is 4. The molecule has 5 heteroatoms. The number of fused-ring (bicyclic) bond motifs is 4. The van der Waals surface area contributed by atoms with Crippen molar-refractivity contribution in [1.82, 2.24) is 9.88 Å². The van der Waals surface area contributed by atoms with E-state index in [1.54, 1.807) is 5.56 Å². The predicted octanol–water partition coefficient (Wildman–Crippen LogP) is 3.08. The zero-order valence-corrected chi connectivity index (χ0v) is 17.3. The van der Waals surface area contributed by atoms with E-state index in [-0.39, 0.29) is 0 Å². The number of hydrogen-bond acceptors (Lipinski definition) is 5. The van der Waals surface area contributed by atoms with Crippen LogP contribution in [0.1, 0.15) is 35.6 Å². The van der Waals surface area contributed by atoms with Gasteiger partial charge in [-0.05, 0) is 43.5 Å². The average molecular weight is 391 g/mol. The smallest absolute Gasteiger partial charge is 0.144 e. The molecule has 0 amide bonds. The van der Waals surface area contributed by atoms with Crippen molar-refractivity contribution < 1.29 is 4.74 Å². The Morgan fingerprint density at radius 1 is 1.17 bits per heavy atom. The fraction of sp³-hybridized carbons (Fsp3) is 0.542. The summed E-state index contributed by atoms with van der Waals surface area (Å²) in [7, 11) is 2.24. The summed E-state index contributed by atoms with van der Waals surface area (Å²) in [5.41, 5.74) is 7.04. The molecule has 4 aliphatic rings. The molecule has 0 aliphatic carbocycles. The monoisotopic (exact) mass is 390 g/mol. The number of aryl methyl sites for hydroxylation is 1. The van der Waals surface area contributed by atoms with Crippen molar-refractivity contribution in [3.8, 4) is 5.75 Å². The Hall–Kier alpha value is -2.27. The Kier molecular flexibility index (Phi) is 4.19. The van der Waals surface area contributed by atoms with Crippen molar-refractivity contribution in [2.75, 3.05) is 56.2 Å². The first kappa shape index (κ1) is 17.6. The molecule has 5 nitrogen and oxygen atoms in total. The minimum Gasteiger partial charge on any atom is -0.491 e. The lowest BCUT2D eigenvalue weighted by Crippen LogP contribution is -2.49. The second kappa shape index (κ2) is 6.91. The van der Waals surface area contributed by atoms with Gasteiger partial charge in [-0.25, -0.2) is 0 Å². The number of nitrogens with zero attached hydrogens (tertiary/aromatic N) is 4. The van der Waals surface area contributed by atoms with Crippen molar-refractivity contribution in [3.05, 3.63) is 47.3 Å². The number of hydrogen-bond donors (Lipinski definition) is 0. The van der Waals surface area contributed by atoms with E-state index in [9.17, 15) is 0 Å². The maximum absolute atomic E-state index is 5.83. The summed E-state index contributed by atoms with van der Waals surface area (Å²) in [6.07, 6.45) is 6.45. The van der Waals surface area contributed by atoms with Gasteiger partial charge in [-0.3, -0.25) is 4.98 Å². The Labute approximate surface area is 173 Å². The normalized spacial score (nSPS) is 24.9. The largest absolute Gasteiger partial charge is 0.491 e. The molecule has 6 rings (SSSR count). The first-order valence-corrected chi connectivity index (χ1v) is 11.2. The minimum absolute atomic E-state index is 0.660. The van der Waals surface area contributed by atoms with Gasteiger partial charge in [0.05, 0.1) is 23.7 Å². The third-order valence-corrected chi connectivity index (χ3v) is 7.45. The number of anilines is 2. The van der Waals surface area contributed by atoms with Crippen molar-refractivity contribution in [1.29, 1.82) is 0 Å². The lowest BCUT2D eigenvalue weighted by Gasteiger charge is -2.41. The highest BCUT2D eigenvalue weighted by atomic mass is 16.5. The Balaban J connectivity index is 1.14. The Morgan fingerprint density at radius 3 is 3.10 bits per heavy atom. The molecule has 0 unspecified atom stereocenters. The minimum atomic E-state index is 0.660. The number of likely N-dealkylation sites (tertiary alicyclic amines) is 1. The van der Waals surface area contributed by atoms with E-state index < -0.39 is 0 Å². The predicted molar refractivity (Wildman–Crippen MR) is 116 cm³/mol. The topological polar surface area (TPSA) is 31.8 Å². The molecule has 0 spiro atoms. The molecule has 4 aliphatic heterocycles. The zero-order valence-electron chi connectivity index (χ0n) is 17.3. The van der Waals surface area contributed by atoms with Crippen molar-refractivity contribution in [3.63, 3.8) is 0 Å². The van der Waals surface area contributed by atoms with Gasteiger partial charge in [-0.1, -0.05) is 12.1 Å². The fourth-order valence-electron chi connectivity index (χ4n) is 6.00. The lowest BCUT2D eigenvalue weighted by molar-refractivity contribution is 0.191. The van der Waals surface area contributed by atoms with Crippen molar-refractivity contribution in [2.24, 2.45) is 0 Å². The molecule has 1 aromatic carbocycles. The first-order chi connectivity index (χ1) is 14.3. The number of pyridine rings is 1. The fourth-order valence-corrected chi connectivity index (χ4v) is 6.00. The molecule has 1 fully saturated rings. The SMILES string of the molecule is CN1CCN2c3c(cccc31)[C@@H]1CN(CCCc3nccc4c3OCC4)CC[C@@H]12. The number of likely N-dealkylation sites (N-methyl/N-ethyl adjacent to an activating group) is 1. The van der Waals surface area contributed by atoms with E-state index in [1.165, 1.54) is 43.0 Å². The molecule has 2 aromatic rings. The van der Waals surface area contributed by atoms with Crippen LogP contribution in [0.15, 0.2) is 30.5 Å². The summed E-state index contributed by atoms with van der Waals surface area (Å²) in [4.78, 5) is 12.4. The number of piperidine rings is 1. The molecular weight excluding hydrogens is 360 g/mol. The summed E-state index contributed by atoms with van der Waals surface area (Å²) >= 11 is 0. The third-order valence-electron chi connectivity index (χ3n) is 7.45. The maximum Gasteiger partial charge on any atom is 0.144 e. The van der Waals surface area contributed by atoms with Crippen LogP contribution in [0.25, 0.3) is 0 Å². The Bertz CT molecular complexity index is 929. The highest BCUT2D eigenvalue weighted by Crippen LogP contribution is 2.50. The summed E-state index contributed by atoms with van der Waals surface area (Å²) in [5.74, 6) is 1.73. The van der Waals surface area contributed by atoms with E-state index in [0.717, 1.165) is 50.4 Å². The molecule has 2 atom stereocenters. The highest BCUT2D eigenvalue weighted by Gasteiger charge is 2.44. The van der Waals surface area contributed by atoms with Crippen LogP contribution >= 0.6 is 0 Å². The summed E-state index contributed by atoms with van der Waals surface area (Å²) < 4.78 is 5.83. The summed E-state index contributed by atoms with van der Waals surface area (Å²) in [6.45, 7) is 6.69. The molecule has 1 aromatic heterocycles. The van der Waals surface area contributed by atoms with Crippen molar-refractivity contribution in [2.45, 2.75) is 37.6 Å². The second-order valence-electron chi connectivity index (χ2n) is 9.04. The molecular formula is C24H30N4O. The molecule has 29 heavy (non-hydrogen) atoms. The number of benzene rings is 1. The van der Waals surface area contributed by atoms with Crippen LogP contribution in [0.2, 0.25) is 0 Å². The molecule has 0 saturated carbocycles. The van der Waals surface area contributed by atoms with Crippen LogP contribution in [0.5, 0.6) is 5.75 Å². The van der Waals surface area contributed by atoms with Gasteiger partial charge in [0.15, 0.2) is 0 Å². The maximum atomic E-state index is 5.83. The first-order valence-electron chi connectivity index (χ1n) is 11.2. The van der Waals surface area contributed by atoms with Crippen LogP contribution in [0.4, 0.5) is 11.4 Å². The van der Waals surface area contributed by atoms with Gasteiger partial charge in [-0.2, -0.15) is 0 Å². The molecule has 0 bridgehead atoms.